The fraction of sp³-hybridized carbons (Fsp3) is 0.111. The number of benzene rings is 2. The average molecular weight is 458 g/mol. The number of nitrogens with zero attached hydrogens (tertiary/aromatic N) is 1. The zero-order valence-corrected chi connectivity index (χ0v) is 18.7. The molecule has 0 aliphatic carbocycles. The summed E-state index contributed by atoms with van der Waals surface area (Å²) in [5, 5.41) is 9.22. The van der Waals surface area contributed by atoms with Crippen LogP contribution in [0.4, 0.5) is 4.39 Å². The fourth-order valence-electron chi connectivity index (χ4n) is 3.56. The lowest BCUT2D eigenvalue weighted by Crippen LogP contribution is -2.03. The minimum Gasteiger partial charge on any atom is -0.465 e. The number of hydrogen-bond acceptors (Lipinski definition) is 5. The Morgan fingerprint density at radius 1 is 1.03 bits per heavy atom. The minimum absolute atomic E-state index is 0.0471. The van der Waals surface area contributed by atoms with E-state index in [1.807, 2.05) is 24.3 Å². The first-order chi connectivity index (χ1) is 16.1. The van der Waals surface area contributed by atoms with E-state index in [1.165, 1.54) is 30.6 Å². The van der Waals surface area contributed by atoms with Crippen LogP contribution in [0.2, 0.25) is 0 Å². The first-order valence-corrected chi connectivity index (χ1v) is 11.1. The molecule has 4 nitrogen and oxygen atoms in total. The van der Waals surface area contributed by atoms with Crippen LogP contribution in [0.3, 0.4) is 0 Å². The summed E-state index contributed by atoms with van der Waals surface area (Å²) in [7, 11) is 1.35. The van der Waals surface area contributed by atoms with Crippen LogP contribution < -0.4 is 0 Å². The van der Waals surface area contributed by atoms with Gasteiger partial charge in [-0.2, -0.15) is 0 Å². The van der Waals surface area contributed by atoms with Crippen molar-refractivity contribution >= 4 is 17.3 Å². The molecule has 0 atom stereocenters. The third kappa shape index (κ3) is 4.70. The second-order valence-electron chi connectivity index (χ2n) is 7.07. The predicted octanol–water partition coefficient (Wildman–Crippen LogP) is 5.80. The smallest absolute Gasteiger partial charge is 0.338 e. The molecule has 1 N–H and O–H groups in total. The van der Waals surface area contributed by atoms with Crippen molar-refractivity contribution in [2.24, 2.45) is 0 Å². The summed E-state index contributed by atoms with van der Waals surface area (Å²) in [6.07, 6.45) is 3.73. The molecule has 0 saturated carbocycles. The molecule has 4 aromatic rings. The number of rotatable bonds is 5. The van der Waals surface area contributed by atoms with Gasteiger partial charge in [0.15, 0.2) is 0 Å². The van der Waals surface area contributed by atoms with E-state index in [1.54, 1.807) is 36.7 Å². The minimum atomic E-state index is -0.449. The van der Waals surface area contributed by atoms with E-state index in [0.29, 0.717) is 17.5 Å². The Kier molecular flexibility index (Phi) is 6.94. The van der Waals surface area contributed by atoms with Gasteiger partial charge in [0.2, 0.25) is 0 Å². The molecular formula is C27H20FNO3S. The Morgan fingerprint density at radius 2 is 1.76 bits per heavy atom. The molecule has 6 heteroatoms. The first-order valence-electron chi connectivity index (χ1n) is 10.2. The number of pyridine rings is 1. The summed E-state index contributed by atoms with van der Waals surface area (Å²) in [6.45, 7) is -0.0471. The molecule has 2 aromatic carbocycles. The number of halogens is 1. The van der Waals surface area contributed by atoms with Gasteiger partial charge in [-0.3, -0.25) is 4.98 Å². The monoisotopic (exact) mass is 457 g/mol. The molecule has 0 fully saturated rings. The summed E-state index contributed by atoms with van der Waals surface area (Å²) < 4.78 is 18.7. The summed E-state index contributed by atoms with van der Waals surface area (Å²) in [5.41, 5.74) is 4.50. The van der Waals surface area contributed by atoms with Gasteiger partial charge in [0.1, 0.15) is 5.82 Å². The van der Waals surface area contributed by atoms with E-state index in [2.05, 4.69) is 16.8 Å². The average Bonchev–Trinajstić information content (AvgIpc) is 3.24. The zero-order chi connectivity index (χ0) is 23.2. The number of aliphatic hydroxyl groups excluding tert-OH is 1. The van der Waals surface area contributed by atoms with Crippen LogP contribution in [0.25, 0.3) is 32.7 Å². The molecule has 0 aliphatic heterocycles. The SMILES string of the molecule is COC(=O)c1ccccc1-c1c(C#CCCO)sc(-c2ccc(F)cc2)c1-c1ccncc1. The van der Waals surface area contributed by atoms with Crippen LogP contribution in [0.1, 0.15) is 21.7 Å². The molecule has 164 valence electrons. The third-order valence-electron chi connectivity index (χ3n) is 5.02. The van der Waals surface area contributed by atoms with E-state index < -0.39 is 5.97 Å². The van der Waals surface area contributed by atoms with Crippen molar-refractivity contribution in [1.29, 1.82) is 0 Å². The number of aliphatic hydroxyl groups is 1. The van der Waals surface area contributed by atoms with Crippen LogP contribution in [0.15, 0.2) is 73.1 Å². The highest BCUT2D eigenvalue weighted by Crippen LogP contribution is 2.48. The predicted molar refractivity (Wildman–Crippen MR) is 128 cm³/mol. The molecule has 0 unspecified atom stereocenters. The topological polar surface area (TPSA) is 59.4 Å². The van der Waals surface area contributed by atoms with E-state index >= 15 is 0 Å². The number of thiophene rings is 1. The van der Waals surface area contributed by atoms with Crippen LogP contribution in [0.5, 0.6) is 0 Å². The summed E-state index contributed by atoms with van der Waals surface area (Å²) in [6, 6.07) is 17.3. The number of carbonyl (C=O) groups is 1. The van der Waals surface area contributed by atoms with Crippen molar-refractivity contribution in [2.45, 2.75) is 6.42 Å². The van der Waals surface area contributed by atoms with Gasteiger partial charge in [-0.1, -0.05) is 42.2 Å². The highest BCUT2D eigenvalue weighted by Gasteiger charge is 2.25. The van der Waals surface area contributed by atoms with Gasteiger partial charge in [0.25, 0.3) is 0 Å². The molecule has 4 rings (SSSR count). The van der Waals surface area contributed by atoms with Crippen molar-refractivity contribution in [3.8, 4) is 44.5 Å². The summed E-state index contributed by atoms with van der Waals surface area (Å²) >= 11 is 1.46. The second kappa shape index (κ2) is 10.2. The number of ether oxygens (including phenoxy) is 1. The Bertz CT molecular complexity index is 1340. The maximum absolute atomic E-state index is 13.7. The van der Waals surface area contributed by atoms with E-state index in [9.17, 15) is 14.3 Å². The molecule has 0 saturated heterocycles. The normalized spacial score (nSPS) is 10.4. The first kappa shape index (κ1) is 22.4. The van der Waals surface area contributed by atoms with Gasteiger partial charge >= 0.3 is 5.97 Å². The van der Waals surface area contributed by atoms with Gasteiger partial charge in [0, 0.05) is 34.8 Å². The molecular weight excluding hydrogens is 437 g/mol. The van der Waals surface area contributed by atoms with E-state index in [4.69, 9.17) is 4.74 Å². The van der Waals surface area contributed by atoms with Gasteiger partial charge in [0.05, 0.1) is 24.2 Å². The van der Waals surface area contributed by atoms with Gasteiger partial charge in [-0.05, 0) is 47.0 Å². The van der Waals surface area contributed by atoms with Gasteiger partial charge in [-0.15, -0.1) is 11.3 Å². The number of carbonyl (C=O) groups excluding carboxylic acids is 1. The van der Waals surface area contributed by atoms with Gasteiger partial charge in [-0.25, -0.2) is 9.18 Å². The quantitative estimate of drug-likeness (QED) is 0.304. The van der Waals surface area contributed by atoms with Gasteiger partial charge < -0.3 is 9.84 Å². The third-order valence-corrected chi connectivity index (χ3v) is 6.18. The van der Waals surface area contributed by atoms with E-state index in [-0.39, 0.29) is 12.4 Å². The summed E-state index contributed by atoms with van der Waals surface area (Å²) in [5.74, 6) is 5.41. The van der Waals surface area contributed by atoms with Crippen molar-refractivity contribution in [1.82, 2.24) is 4.98 Å². The number of esters is 1. The second-order valence-corrected chi connectivity index (χ2v) is 8.09. The molecule has 0 aliphatic rings. The van der Waals surface area contributed by atoms with Crippen molar-refractivity contribution in [3.63, 3.8) is 0 Å². The summed E-state index contributed by atoms with van der Waals surface area (Å²) in [4.78, 5) is 18.4. The molecule has 0 bridgehead atoms. The number of aromatic nitrogens is 1. The van der Waals surface area contributed by atoms with Crippen molar-refractivity contribution in [3.05, 3.63) is 89.3 Å². The molecule has 0 amide bonds. The number of methoxy groups -OCH3 is 1. The zero-order valence-electron chi connectivity index (χ0n) is 17.8. The molecule has 33 heavy (non-hydrogen) atoms. The molecule has 2 heterocycles. The maximum atomic E-state index is 13.7. The lowest BCUT2D eigenvalue weighted by Gasteiger charge is -2.12. The Hall–Kier alpha value is -3.79. The molecule has 2 aromatic heterocycles. The Balaban J connectivity index is 2.09. The lowest BCUT2D eigenvalue weighted by molar-refractivity contribution is 0.0601. The van der Waals surface area contributed by atoms with Crippen LogP contribution in [-0.4, -0.2) is 29.8 Å². The Morgan fingerprint density at radius 3 is 2.45 bits per heavy atom. The van der Waals surface area contributed by atoms with Crippen molar-refractivity contribution < 1.29 is 19.0 Å². The fourth-order valence-corrected chi connectivity index (χ4v) is 4.78. The van der Waals surface area contributed by atoms with Crippen molar-refractivity contribution in [2.75, 3.05) is 13.7 Å². The van der Waals surface area contributed by atoms with Crippen LogP contribution in [0, 0.1) is 17.7 Å². The van der Waals surface area contributed by atoms with Crippen LogP contribution >= 0.6 is 11.3 Å². The number of hydrogen-bond donors (Lipinski definition) is 1. The maximum Gasteiger partial charge on any atom is 0.338 e. The standard InChI is InChI=1S/C27H20FNO3S/c1-32-27(31)22-7-3-2-6-21(22)25-23(8-4-5-17-30)33-26(19-9-11-20(28)12-10-19)24(25)18-13-15-29-16-14-18/h2-3,6-7,9-16,30H,5,17H2,1H3. The van der Waals surface area contributed by atoms with Crippen LogP contribution in [-0.2, 0) is 4.74 Å². The highest BCUT2D eigenvalue weighted by atomic mass is 32.1. The highest BCUT2D eigenvalue weighted by molar-refractivity contribution is 7.17. The molecule has 0 spiro atoms. The largest absolute Gasteiger partial charge is 0.465 e. The van der Waals surface area contributed by atoms with E-state index in [0.717, 1.165) is 32.0 Å². The lowest BCUT2D eigenvalue weighted by atomic mass is 9.91. The molecule has 0 radical (unpaired) electrons. The Labute approximate surface area is 195 Å².